The molecule has 24 heavy (non-hydrogen) atoms. The normalized spacial score (nSPS) is 16.0. The van der Waals surface area contributed by atoms with Gasteiger partial charge in [-0.2, -0.15) is 4.31 Å². The number of amides is 1. The Kier molecular flexibility index (Phi) is 5.30. The van der Waals surface area contributed by atoms with E-state index in [9.17, 15) is 13.2 Å². The summed E-state index contributed by atoms with van der Waals surface area (Å²) in [6, 6.07) is 11.0. The summed E-state index contributed by atoms with van der Waals surface area (Å²) in [7, 11) is -3.67. The van der Waals surface area contributed by atoms with Gasteiger partial charge in [0.15, 0.2) is 0 Å². The average Bonchev–Trinajstić information content (AvgIpc) is 3.12. The lowest BCUT2D eigenvalue weighted by atomic mass is 10.2. The Bertz CT molecular complexity index is 796. The summed E-state index contributed by atoms with van der Waals surface area (Å²) in [6.07, 6.45) is 0. The smallest absolute Gasteiger partial charge is 0.263 e. The molecule has 2 aromatic rings. The molecule has 0 bridgehead atoms. The van der Waals surface area contributed by atoms with E-state index in [-0.39, 0.29) is 15.7 Å². The van der Waals surface area contributed by atoms with E-state index in [4.69, 9.17) is 4.74 Å². The Hall–Kier alpha value is -1.74. The van der Waals surface area contributed by atoms with Gasteiger partial charge < -0.3 is 10.1 Å². The largest absolute Gasteiger partial charge is 0.379 e. The van der Waals surface area contributed by atoms with E-state index in [1.807, 2.05) is 30.3 Å². The van der Waals surface area contributed by atoms with E-state index >= 15 is 0 Å². The Morgan fingerprint density at radius 3 is 2.58 bits per heavy atom. The minimum absolute atomic E-state index is 0.0694. The minimum atomic E-state index is -3.67. The third-order valence-corrected chi connectivity index (χ3v) is 6.70. The van der Waals surface area contributed by atoms with Gasteiger partial charge in [0.25, 0.3) is 5.91 Å². The van der Waals surface area contributed by atoms with Gasteiger partial charge in [0, 0.05) is 19.6 Å². The zero-order chi connectivity index (χ0) is 17.0. The summed E-state index contributed by atoms with van der Waals surface area (Å²) >= 11 is 1.13. The minimum Gasteiger partial charge on any atom is -0.379 e. The number of nitrogens with one attached hydrogen (secondary N) is 1. The lowest BCUT2D eigenvalue weighted by molar-refractivity contribution is 0.0730. The number of hydrogen-bond donors (Lipinski definition) is 1. The van der Waals surface area contributed by atoms with Crippen molar-refractivity contribution in [1.82, 2.24) is 9.62 Å². The SMILES string of the molecule is O=C(NCc1ccccc1)c1sccc1S(=O)(=O)N1CCOCC1. The lowest BCUT2D eigenvalue weighted by Crippen LogP contribution is -2.41. The summed E-state index contributed by atoms with van der Waals surface area (Å²) in [5, 5.41) is 4.41. The molecule has 1 aliphatic rings. The molecular weight excluding hydrogens is 348 g/mol. The quantitative estimate of drug-likeness (QED) is 0.874. The Morgan fingerprint density at radius 1 is 1.17 bits per heavy atom. The number of carbonyl (C=O) groups is 1. The van der Waals surface area contributed by atoms with E-state index in [2.05, 4.69) is 5.32 Å². The number of thiophene rings is 1. The predicted molar refractivity (Wildman–Crippen MR) is 91.5 cm³/mol. The number of nitrogens with zero attached hydrogens (tertiary/aromatic N) is 1. The second kappa shape index (κ2) is 7.43. The third kappa shape index (κ3) is 3.67. The van der Waals surface area contributed by atoms with Gasteiger partial charge in [-0.1, -0.05) is 30.3 Å². The van der Waals surface area contributed by atoms with Crippen LogP contribution in [0.15, 0.2) is 46.7 Å². The number of sulfonamides is 1. The number of carbonyl (C=O) groups excluding carboxylic acids is 1. The van der Waals surface area contributed by atoms with Gasteiger partial charge in [-0.15, -0.1) is 11.3 Å². The van der Waals surface area contributed by atoms with Crippen molar-refractivity contribution in [1.29, 1.82) is 0 Å². The molecule has 0 aliphatic carbocycles. The molecule has 8 heteroatoms. The number of rotatable bonds is 5. The van der Waals surface area contributed by atoms with Gasteiger partial charge in [0.05, 0.1) is 13.2 Å². The van der Waals surface area contributed by atoms with E-state index in [1.54, 1.807) is 5.38 Å². The topological polar surface area (TPSA) is 75.7 Å². The first-order valence-electron chi connectivity index (χ1n) is 7.56. The molecule has 1 saturated heterocycles. The molecule has 6 nitrogen and oxygen atoms in total. The standard InChI is InChI=1S/C16H18N2O4S2/c19-16(17-12-13-4-2-1-3-5-13)15-14(6-11-23-15)24(20,21)18-7-9-22-10-8-18/h1-6,11H,7-10,12H2,(H,17,19). The van der Waals surface area contributed by atoms with Crippen LogP contribution in [0.5, 0.6) is 0 Å². The van der Waals surface area contributed by atoms with Gasteiger partial charge in [0.2, 0.25) is 10.0 Å². The van der Waals surface area contributed by atoms with E-state index in [1.165, 1.54) is 10.4 Å². The fourth-order valence-corrected chi connectivity index (χ4v) is 5.18. The molecule has 1 aliphatic heterocycles. The molecule has 128 valence electrons. The van der Waals surface area contributed by atoms with Crippen LogP contribution in [0.3, 0.4) is 0 Å². The van der Waals surface area contributed by atoms with Crippen molar-refractivity contribution in [3.8, 4) is 0 Å². The Balaban J connectivity index is 1.75. The number of benzene rings is 1. The average molecular weight is 366 g/mol. The fourth-order valence-electron chi connectivity index (χ4n) is 2.45. The molecule has 1 fully saturated rings. The maximum absolute atomic E-state index is 12.7. The van der Waals surface area contributed by atoms with E-state index in [0.717, 1.165) is 16.9 Å². The highest BCUT2D eigenvalue weighted by Gasteiger charge is 2.31. The highest BCUT2D eigenvalue weighted by Crippen LogP contribution is 2.25. The third-order valence-electron chi connectivity index (χ3n) is 3.72. The molecule has 2 heterocycles. The molecule has 1 aromatic heterocycles. The first-order valence-corrected chi connectivity index (χ1v) is 9.88. The molecule has 0 spiro atoms. The van der Waals surface area contributed by atoms with Crippen molar-refractivity contribution < 1.29 is 17.9 Å². The van der Waals surface area contributed by atoms with Gasteiger partial charge in [0.1, 0.15) is 9.77 Å². The van der Waals surface area contributed by atoms with Gasteiger partial charge in [-0.25, -0.2) is 8.42 Å². The zero-order valence-electron chi connectivity index (χ0n) is 13.0. The predicted octanol–water partition coefficient (Wildman–Crippen LogP) is 1.70. The van der Waals surface area contributed by atoms with Crippen LogP contribution in [0.4, 0.5) is 0 Å². The molecule has 3 rings (SSSR count). The van der Waals surface area contributed by atoms with E-state index in [0.29, 0.717) is 32.8 Å². The van der Waals surface area contributed by atoms with Crippen molar-refractivity contribution in [2.45, 2.75) is 11.4 Å². The molecule has 0 radical (unpaired) electrons. The molecule has 1 aromatic carbocycles. The fraction of sp³-hybridized carbons (Fsp3) is 0.312. The summed E-state index contributed by atoms with van der Waals surface area (Å²) < 4.78 is 32.1. The van der Waals surface area contributed by atoms with Crippen molar-refractivity contribution in [2.24, 2.45) is 0 Å². The van der Waals surface area contributed by atoms with Crippen LogP contribution in [0, 0.1) is 0 Å². The molecule has 1 N–H and O–H groups in total. The molecular formula is C16H18N2O4S2. The number of ether oxygens (including phenoxy) is 1. The van der Waals surface area contributed by atoms with Crippen LogP contribution in [0.2, 0.25) is 0 Å². The molecule has 0 saturated carbocycles. The van der Waals surface area contributed by atoms with Crippen molar-refractivity contribution in [3.63, 3.8) is 0 Å². The van der Waals surface area contributed by atoms with Crippen LogP contribution < -0.4 is 5.32 Å². The van der Waals surface area contributed by atoms with Crippen LogP contribution in [-0.4, -0.2) is 44.9 Å². The number of hydrogen-bond acceptors (Lipinski definition) is 5. The zero-order valence-corrected chi connectivity index (χ0v) is 14.6. The second-order valence-electron chi connectivity index (χ2n) is 5.30. The molecule has 0 atom stereocenters. The summed E-state index contributed by atoms with van der Waals surface area (Å²) in [5.41, 5.74) is 0.958. The van der Waals surface area contributed by atoms with Crippen molar-refractivity contribution in [3.05, 3.63) is 52.2 Å². The van der Waals surface area contributed by atoms with Gasteiger partial charge in [-0.3, -0.25) is 4.79 Å². The van der Waals surface area contributed by atoms with Crippen molar-refractivity contribution >= 4 is 27.3 Å². The van der Waals surface area contributed by atoms with E-state index < -0.39 is 10.0 Å². The Labute approximate surface area is 145 Å². The van der Waals surface area contributed by atoms with Crippen LogP contribution in [0.25, 0.3) is 0 Å². The van der Waals surface area contributed by atoms with Crippen LogP contribution in [-0.2, 0) is 21.3 Å². The second-order valence-corrected chi connectivity index (χ2v) is 8.12. The number of morpholine rings is 1. The van der Waals surface area contributed by atoms with Crippen LogP contribution >= 0.6 is 11.3 Å². The highest BCUT2D eigenvalue weighted by atomic mass is 32.2. The molecule has 0 unspecified atom stereocenters. The Morgan fingerprint density at radius 2 is 1.88 bits per heavy atom. The maximum Gasteiger partial charge on any atom is 0.263 e. The first kappa shape index (κ1) is 17.1. The van der Waals surface area contributed by atoms with Crippen LogP contribution in [0.1, 0.15) is 15.2 Å². The van der Waals surface area contributed by atoms with Crippen molar-refractivity contribution in [2.75, 3.05) is 26.3 Å². The maximum atomic E-state index is 12.7. The molecule has 1 amide bonds. The summed E-state index contributed by atoms with van der Waals surface area (Å²) in [6.45, 7) is 1.72. The van der Waals surface area contributed by atoms with Gasteiger partial charge >= 0.3 is 0 Å². The highest BCUT2D eigenvalue weighted by molar-refractivity contribution is 7.89. The lowest BCUT2D eigenvalue weighted by Gasteiger charge is -2.26. The monoisotopic (exact) mass is 366 g/mol. The summed E-state index contributed by atoms with van der Waals surface area (Å²) in [4.78, 5) is 12.7. The summed E-state index contributed by atoms with van der Waals surface area (Å²) in [5.74, 6) is -0.374. The first-order chi connectivity index (χ1) is 11.6. The van der Waals surface area contributed by atoms with Gasteiger partial charge in [-0.05, 0) is 17.0 Å².